The highest BCUT2D eigenvalue weighted by Crippen LogP contribution is 2.38. The Morgan fingerprint density at radius 2 is 1.86 bits per heavy atom. The number of aliphatic carboxylic acids is 1. The third-order valence-electron chi connectivity index (χ3n) is 4.68. The van der Waals surface area contributed by atoms with E-state index in [1.54, 1.807) is 7.05 Å². The van der Waals surface area contributed by atoms with Gasteiger partial charge in [-0.3, -0.25) is 4.79 Å². The number of benzene rings is 1. The lowest BCUT2D eigenvalue weighted by atomic mass is 9.71. The van der Waals surface area contributed by atoms with E-state index in [2.05, 4.69) is 0 Å². The van der Waals surface area contributed by atoms with Crippen molar-refractivity contribution in [2.24, 2.45) is 0 Å². The van der Waals surface area contributed by atoms with Crippen molar-refractivity contribution in [3.8, 4) is 0 Å². The van der Waals surface area contributed by atoms with Crippen molar-refractivity contribution in [1.29, 1.82) is 0 Å². The lowest BCUT2D eigenvalue weighted by Crippen LogP contribution is -2.53. The van der Waals surface area contributed by atoms with Crippen molar-refractivity contribution in [3.63, 3.8) is 0 Å². The van der Waals surface area contributed by atoms with E-state index in [1.165, 1.54) is 11.8 Å². The number of hydrogen-bond donors (Lipinski definition) is 1. The number of carboxylic acids is 1. The smallest absolute Gasteiger partial charge is 0.326 e. The summed E-state index contributed by atoms with van der Waals surface area (Å²) >= 11 is 0. The Kier molecular flexibility index (Phi) is 4.86. The van der Waals surface area contributed by atoms with E-state index < -0.39 is 17.4 Å². The number of ether oxygens (including phenoxy) is 1. The Morgan fingerprint density at radius 3 is 2.41 bits per heavy atom. The Morgan fingerprint density at radius 1 is 1.27 bits per heavy atom. The second-order valence-corrected chi connectivity index (χ2v) is 5.94. The van der Waals surface area contributed by atoms with E-state index in [1.807, 2.05) is 31.2 Å². The number of hydrogen-bond acceptors (Lipinski definition) is 3. The monoisotopic (exact) mass is 305 g/mol. The second-order valence-electron chi connectivity index (χ2n) is 5.94. The van der Waals surface area contributed by atoms with Crippen LogP contribution in [-0.2, 0) is 19.7 Å². The molecule has 1 heterocycles. The van der Waals surface area contributed by atoms with Gasteiger partial charge in [-0.1, -0.05) is 24.3 Å². The first-order valence-corrected chi connectivity index (χ1v) is 7.54. The molecule has 1 aromatic rings. The fourth-order valence-corrected chi connectivity index (χ4v) is 3.11. The average molecular weight is 305 g/mol. The summed E-state index contributed by atoms with van der Waals surface area (Å²) in [5, 5.41) is 9.19. The van der Waals surface area contributed by atoms with Gasteiger partial charge in [-0.25, -0.2) is 4.79 Å². The van der Waals surface area contributed by atoms with Gasteiger partial charge < -0.3 is 14.7 Å². The average Bonchev–Trinajstić information content (AvgIpc) is 2.53. The van der Waals surface area contributed by atoms with Crippen LogP contribution in [0.3, 0.4) is 0 Å². The zero-order chi connectivity index (χ0) is 16.3. The molecule has 0 spiro atoms. The Labute approximate surface area is 130 Å². The van der Waals surface area contributed by atoms with E-state index in [0.717, 1.165) is 11.1 Å². The molecule has 1 N–H and O–H groups in total. The fourth-order valence-electron chi connectivity index (χ4n) is 3.11. The van der Waals surface area contributed by atoms with E-state index >= 15 is 0 Å². The third-order valence-corrected chi connectivity index (χ3v) is 4.68. The molecule has 0 aliphatic carbocycles. The number of likely N-dealkylation sites (N-methyl/N-ethyl adjacent to an activating group) is 1. The summed E-state index contributed by atoms with van der Waals surface area (Å²) in [5.41, 5.74) is 1.34. The Balaban J connectivity index is 2.44. The maximum absolute atomic E-state index is 13.1. The van der Waals surface area contributed by atoms with Crippen LogP contribution in [0.4, 0.5) is 0 Å². The van der Waals surface area contributed by atoms with Gasteiger partial charge in [-0.05, 0) is 37.8 Å². The van der Waals surface area contributed by atoms with Gasteiger partial charge in [-0.15, -0.1) is 0 Å². The SMILES string of the molecule is Cc1ccccc1C1(C(=O)N(C)C(C)C(=O)O)CCOCC1. The summed E-state index contributed by atoms with van der Waals surface area (Å²) in [7, 11) is 1.57. The first kappa shape index (κ1) is 16.5. The lowest BCUT2D eigenvalue weighted by molar-refractivity contribution is -0.152. The number of amides is 1. The zero-order valence-corrected chi connectivity index (χ0v) is 13.3. The second kappa shape index (κ2) is 6.48. The number of carboxylic acid groups (broad SMARTS) is 1. The summed E-state index contributed by atoms with van der Waals surface area (Å²) in [5.74, 6) is -1.14. The van der Waals surface area contributed by atoms with Crippen molar-refractivity contribution < 1.29 is 19.4 Å². The zero-order valence-electron chi connectivity index (χ0n) is 13.3. The van der Waals surface area contributed by atoms with Crippen molar-refractivity contribution >= 4 is 11.9 Å². The molecule has 1 atom stereocenters. The molecular formula is C17H23NO4. The van der Waals surface area contributed by atoms with Crippen molar-refractivity contribution in [1.82, 2.24) is 4.90 Å². The first-order chi connectivity index (χ1) is 10.4. The molecule has 0 bridgehead atoms. The van der Waals surface area contributed by atoms with Crippen LogP contribution in [0.25, 0.3) is 0 Å². The van der Waals surface area contributed by atoms with Crippen LogP contribution in [0.1, 0.15) is 30.9 Å². The van der Waals surface area contributed by atoms with Crippen molar-refractivity contribution in [2.45, 2.75) is 38.1 Å². The van der Waals surface area contributed by atoms with Gasteiger partial charge in [0.25, 0.3) is 0 Å². The van der Waals surface area contributed by atoms with E-state index in [0.29, 0.717) is 26.1 Å². The highest BCUT2D eigenvalue weighted by atomic mass is 16.5. The van der Waals surface area contributed by atoms with E-state index in [9.17, 15) is 14.7 Å². The molecular weight excluding hydrogens is 282 g/mol. The van der Waals surface area contributed by atoms with Crippen LogP contribution in [0, 0.1) is 6.92 Å². The lowest BCUT2D eigenvalue weighted by Gasteiger charge is -2.40. The Bertz CT molecular complexity index is 564. The van der Waals surface area contributed by atoms with Gasteiger partial charge in [0.1, 0.15) is 6.04 Å². The van der Waals surface area contributed by atoms with Crippen LogP contribution in [0.15, 0.2) is 24.3 Å². The van der Waals surface area contributed by atoms with Crippen molar-refractivity contribution in [2.75, 3.05) is 20.3 Å². The number of aryl methyl sites for hydroxylation is 1. The predicted molar refractivity (Wildman–Crippen MR) is 82.8 cm³/mol. The first-order valence-electron chi connectivity index (χ1n) is 7.54. The maximum atomic E-state index is 13.1. The molecule has 1 amide bonds. The number of rotatable bonds is 4. The summed E-state index contributed by atoms with van der Waals surface area (Å²) < 4.78 is 5.44. The molecule has 1 aliphatic heterocycles. The Hall–Kier alpha value is -1.88. The summed E-state index contributed by atoms with van der Waals surface area (Å²) in [6, 6.07) is 6.97. The topological polar surface area (TPSA) is 66.8 Å². The van der Waals surface area contributed by atoms with Crippen LogP contribution >= 0.6 is 0 Å². The molecule has 5 heteroatoms. The van der Waals surface area contributed by atoms with Crippen molar-refractivity contribution in [3.05, 3.63) is 35.4 Å². The van der Waals surface area contributed by atoms with Gasteiger partial charge in [0, 0.05) is 20.3 Å². The van der Waals surface area contributed by atoms with Gasteiger partial charge >= 0.3 is 5.97 Å². The number of carbonyl (C=O) groups is 2. The third kappa shape index (κ3) is 2.86. The van der Waals surface area contributed by atoms with Crippen LogP contribution in [0.2, 0.25) is 0 Å². The minimum atomic E-state index is -0.997. The minimum Gasteiger partial charge on any atom is -0.480 e. The molecule has 22 heavy (non-hydrogen) atoms. The molecule has 0 radical (unpaired) electrons. The highest BCUT2D eigenvalue weighted by Gasteiger charge is 2.45. The molecule has 1 aliphatic rings. The normalized spacial score (nSPS) is 18.5. The molecule has 5 nitrogen and oxygen atoms in total. The van der Waals surface area contributed by atoms with E-state index in [4.69, 9.17) is 4.74 Å². The molecule has 120 valence electrons. The molecule has 1 unspecified atom stereocenters. The fraction of sp³-hybridized carbons (Fsp3) is 0.529. The quantitative estimate of drug-likeness (QED) is 0.923. The summed E-state index contributed by atoms with van der Waals surface area (Å²) in [4.78, 5) is 25.7. The largest absolute Gasteiger partial charge is 0.480 e. The van der Waals surface area contributed by atoms with Gasteiger partial charge in [-0.2, -0.15) is 0 Å². The number of carbonyl (C=O) groups excluding carboxylic acids is 1. The molecule has 0 saturated carbocycles. The summed E-state index contributed by atoms with van der Waals surface area (Å²) in [6.45, 7) is 4.54. The summed E-state index contributed by atoms with van der Waals surface area (Å²) in [6.07, 6.45) is 1.15. The maximum Gasteiger partial charge on any atom is 0.326 e. The van der Waals surface area contributed by atoms with Crippen LogP contribution in [0.5, 0.6) is 0 Å². The molecule has 2 rings (SSSR count). The molecule has 1 fully saturated rings. The van der Waals surface area contributed by atoms with Gasteiger partial charge in [0.2, 0.25) is 5.91 Å². The highest BCUT2D eigenvalue weighted by molar-refractivity contribution is 5.91. The van der Waals surface area contributed by atoms with Gasteiger partial charge in [0.05, 0.1) is 5.41 Å². The van der Waals surface area contributed by atoms with Gasteiger partial charge in [0.15, 0.2) is 0 Å². The minimum absolute atomic E-state index is 0.139. The number of nitrogens with zero attached hydrogens (tertiary/aromatic N) is 1. The predicted octanol–water partition coefficient (Wildman–Crippen LogP) is 1.97. The van der Waals surface area contributed by atoms with E-state index in [-0.39, 0.29) is 5.91 Å². The van der Waals surface area contributed by atoms with Crippen LogP contribution in [-0.4, -0.2) is 48.2 Å². The van der Waals surface area contributed by atoms with Crippen LogP contribution < -0.4 is 0 Å². The standard InChI is InChI=1S/C17H23NO4/c1-12-6-4-5-7-14(12)17(8-10-22-11-9-17)16(21)18(3)13(2)15(19)20/h4-7,13H,8-11H2,1-3H3,(H,19,20). The molecule has 1 saturated heterocycles. The molecule has 0 aromatic heterocycles. The molecule has 1 aromatic carbocycles.